The molecule has 0 unspecified atom stereocenters. The van der Waals surface area contributed by atoms with Crippen LogP contribution in [0.15, 0.2) is 48.5 Å². The van der Waals surface area contributed by atoms with Gasteiger partial charge in [0.15, 0.2) is 0 Å². The number of hydrogen-bond donors (Lipinski definition) is 1. The van der Waals surface area contributed by atoms with Gasteiger partial charge in [0, 0.05) is 23.3 Å². The molecule has 2 aromatic carbocycles. The van der Waals surface area contributed by atoms with E-state index in [9.17, 15) is 18.0 Å². The Morgan fingerprint density at radius 2 is 1.83 bits per heavy atom. The summed E-state index contributed by atoms with van der Waals surface area (Å²) in [6.07, 6.45) is 0.634. The van der Waals surface area contributed by atoms with Gasteiger partial charge in [-0.1, -0.05) is 36.7 Å². The van der Waals surface area contributed by atoms with Gasteiger partial charge in [-0.2, -0.15) is 13.2 Å². The number of nitrogens with zero attached hydrogens (tertiary/aromatic N) is 1. The van der Waals surface area contributed by atoms with Crippen LogP contribution in [-0.2, 0) is 17.5 Å². The van der Waals surface area contributed by atoms with Crippen molar-refractivity contribution in [1.82, 2.24) is 4.90 Å². The van der Waals surface area contributed by atoms with Gasteiger partial charge in [0.1, 0.15) is 0 Å². The van der Waals surface area contributed by atoms with Gasteiger partial charge < -0.3 is 5.32 Å². The minimum atomic E-state index is -4.46. The number of amides is 1. The number of rotatable bonds is 5. The Morgan fingerprint density at radius 1 is 1.17 bits per heavy atom. The van der Waals surface area contributed by atoms with E-state index in [1.54, 1.807) is 0 Å². The average molecular weight is 437 g/mol. The molecule has 1 fully saturated rings. The SMILES string of the molecule is CC1CCN(Cc2ccc(NC(=O)/C=C/c3ccc(C(F)(F)F)cc3Cl)cc2)CC1. The number of alkyl halides is 3. The number of benzene rings is 2. The second-order valence-electron chi connectivity index (χ2n) is 7.71. The molecule has 0 atom stereocenters. The summed E-state index contributed by atoms with van der Waals surface area (Å²) in [5.41, 5.74) is 1.35. The molecule has 30 heavy (non-hydrogen) atoms. The number of likely N-dealkylation sites (tertiary alicyclic amines) is 1. The summed E-state index contributed by atoms with van der Waals surface area (Å²) in [6, 6.07) is 10.7. The van der Waals surface area contributed by atoms with Crippen LogP contribution in [0.25, 0.3) is 6.08 Å². The van der Waals surface area contributed by atoms with Crippen LogP contribution in [0.4, 0.5) is 18.9 Å². The van der Waals surface area contributed by atoms with Crippen molar-refractivity contribution in [3.05, 3.63) is 70.3 Å². The third-order valence-corrected chi connectivity index (χ3v) is 5.57. The van der Waals surface area contributed by atoms with Crippen molar-refractivity contribution in [1.29, 1.82) is 0 Å². The van der Waals surface area contributed by atoms with E-state index in [2.05, 4.69) is 17.1 Å². The van der Waals surface area contributed by atoms with Crippen LogP contribution in [0, 0.1) is 5.92 Å². The monoisotopic (exact) mass is 436 g/mol. The first-order valence-electron chi connectivity index (χ1n) is 9.88. The number of piperidine rings is 1. The lowest BCUT2D eigenvalue weighted by Gasteiger charge is -2.30. The second-order valence-corrected chi connectivity index (χ2v) is 8.12. The molecule has 7 heteroatoms. The maximum Gasteiger partial charge on any atom is 0.416 e. The van der Waals surface area contributed by atoms with E-state index < -0.39 is 11.7 Å². The first kappa shape index (κ1) is 22.4. The standard InChI is InChI=1S/C23H24ClF3N2O/c1-16-10-12-29(13-11-16)15-17-2-7-20(8-3-17)28-22(30)9-5-18-4-6-19(14-21(18)24)23(25,26)27/h2-9,14,16H,10-13,15H2,1H3,(H,28,30)/b9-5+. The van der Waals surface area contributed by atoms with E-state index in [4.69, 9.17) is 11.6 Å². The van der Waals surface area contributed by atoms with Crippen molar-refractivity contribution in [3.8, 4) is 0 Å². The first-order chi connectivity index (χ1) is 14.2. The Bertz CT molecular complexity index is 902. The Labute approximate surface area is 179 Å². The topological polar surface area (TPSA) is 32.3 Å². The van der Waals surface area contributed by atoms with Gasteiger partial charge in [-0.15, -0.1) is 0 Å². The summed E-state index contributed by atoms with van der Waals surface area (Å²) in [5, 5.41) is 2.68. The van der Waals surface area contributed by atoms with E-state index in [1.165, 1.54) is 36.6 Å². The van der Waals surface area contributed by atoms with Crippen LogP contribution in [0.3, 0.4) is 0 Å². The number of anilines is 1. The maximum absolute atomic E-state index is 12.7. The molecule has 1 N–H and O–H groups in total. The highest BCUT2D eigenvalue weighted by Crippen LogP contribution is 2.32. The quantitative estimate of drug-likeness (QED) is 0.562. The number of nitrogens with one attached hydrogen (secondary N) is 1. The molecule has 0 radical (unpaired) electrons. The Hall–Kier alpha value is -2.31. The summed E-state index contributed by atoms with van der Waals surface area (Å²) in [6.45, 7) is 5.40. The molecule has 1 amide bonds. The maximum atomic E-state index is 12.7. The zero-order chi connectivity index (χ0) is 21.7. The normalized spacial score (nSPS) is 16.2. The first-order valence-corrected chi connectivity index (χ1v) is 10.3. The molecule has 0 spiro atoms. The molecule has 3 rings (SSSR count). The zero-order valence-corrected chi connectivity index (χ0v) is 17.4. The molecule has 1 saturated heterocycles. The van der Waals surface area contributed by atoms with Gasteiger partial charge in [0.2, 0.25) is 5.91 Å². The number of halogens is 4. The van der Waals surface area contributed by atoms with Crippen LogP contribution in [0.2, 0.25) is 5.02 Å². The van der Waals surface area contributed by atoms with E-state index in [0.29, 0.717) is 11.3 Å². The lowest BCUT2D eigenvalue weighted by atomic mass is 9.99. The molecule has 0 bridgehead atoms. The van der Waals surface area contributed by atoms with Crippen LogP contribution in [0.5, 0.6) is 0 Å². The molecule has 2 aromatic rings. The smallest absolute Gasteiger partial charge is 0.323 e. The lowest BCUT2D eigenvalue weighted by molar-refractivity contribution is -0.137. The summed E-state index contributed by atoms with van der Waals surface area (Å²) < 4.78 is 38.1. The molecule has 0 saturated carbocycles. The van der Waals surface area contributed by atoms with Gasteiger partial charge in [0.05, 0.1) is 5.56 Å². The van der Waals surface area contributed by atoms with E-state index in [0.717, 1.165) is 37.7 Å². The van der Waals surface area contributed by atoms with Gasteiger partial charge in [-0.3, -0.25) is 9.69 Å². The van der Waals surface area contributed by atoms with Crippen molar-refractivity contribution in [2.75, 3.05) is 18.4 Å². The fourth-order valence-electron chi connectivity index (χ4n) is 3.36. The molecule has 1 aliphatic rings. The van der Waals surface area contributed by atoms with Gasteiger partial charge in [-0.25, -0.2) is 0 Å². The zero-order valence-electron chi connectivity index (χ0n) is 16.7. The Kier molecular flexibility index (Phi) is 7.21. The molecule has 0 aromatic heterocycles. The minimum absolute atomic E-state index is 0.0645. The van der Waals surface area contributed by atoms with Crippen molar-refractivity contribution in [3.63, 3.8) is 0 Å². The van der Waals surface area contributed by atoms with Gasteiger partial charge >= 0.3 is 6.18 Å². The predicted octanol–water partition coefficient (Wildman–Crippen LogP) is 6.24. The summed E-state index contributed by atoms with van der Waals surface area (Å²) in [5.74, 6) is 0.410. The molecule has 1 aliphatic heterocycles. The molecule has 0 aliphatic carbocycles. The highest BCUT2D eigenvalue weighted by Gasteiger charge is 2.30. The van der Waals surface area contributed by atoms with Gasteiger partial charge in [0.25, 0.3) is 0 Å². The fraction of sp³-hybridized carbons (Fsp3) is 0.348. The van der Waals surface area contributed by atoms with E-state index in [-0.39, 0.29) is 10.9 Å². The second kappa shape index (κ2) is 9.67. The number of carbonyl (C=O) groups excluding carboxylic acids is 1. The predicted molar refractivity (Wildman–Crippen MR) is 114 cm³/mol. The fourth-order valence-corrected chi connectivity index (χ4v) is 3.60. The van der Waals surface area contributed by atoms with Gasteiger partial charge in [-0.05, 0) is 73.3 Å². The average Bonchev–Trinajstić information content (AvgIpc) is 2.69. The Balaban J connectivity index is 1.54. The van der Waals surface area contributed by atoms with Crippen molar-refractivity contribution in [2.45, 2.75) is 32.5 Å². The summed E-state index contributed by atoms with van der Waals surface area (Å²) in [4.78, 5) is 14.6. The van der Waals surface area contributed by atoms with E-state index >= 15 is 0 Å². The van der Waals surface area contributed by atoms with Crippen LogP contribution in [-0.4, -0.2) is 23.9 Å². The largest absolute Gasteiger partial charge is 0.416 e. The molecular weight excluding hydrogens is 413 g/mol. The van der Waals surface area contributed by atoms with Crippen LogP contribution >= 0.6 is 11.6 Å². The van der Waals surface area contributed by atoms with E-state index in [1.807, 2.05) is 24.3 Å². The number of carbonyl (C=O) groups is 1. The number of hydrogen-bond acceptors (Lipinski definition) is 2. The molecular formula is C23H24ClF3N2O. The van der Waals surface area contributed by atoms with Crippen molar-refractivity contribution < 1.29 is 18.0 Å². The molecule has 3 nitrogen and oxygen atoms in total. The van der Waals surface area contributed by atoms with Crippen LogP contribution in [0.1, 0.15) is 36.5 Å². The third kappa shape index (κ3) is 6.34. The summed E-state index contributed by atoms with van der Waals surface area (Å²) >= 11 is 5.90. The lowest BCUT2D eigenvalue weighted by Crippen LogP contribution is -2.32. The third-order valence-electron chi connectivity index (χ3n) is 5.25. The molecule has 160 valence electrons. The van der Waals surface area contributed by atoms with Crippen LogP contribution < -0.4 is 5.32 Å². The Morgan fingerprint density at radius 3 is 2.43 bits per heavy atom. The highest BCUT2D eigenvalue weighted by atomic mass is 35.5. The highest BCUT2D eigenvalue weighted by molar-refractivity contribution is 6.32. The van der Waals surface area contributed by atoms with Crippen molar-refractivity contribution in [2.24, 2.45) is 5.92 Å². The summed E-state index contributed by atoms with van der Waals surface area (Å²) in [7, 11) is 0. The minimum Gasteiger partial charge on any atom is -0.323 e. The van der Waals surface area contributed by atoms with Crippen molar-refractivity contribution >= 4 is 29.3 Å². The molecule has 1 heterocycles.